The van der Waals surface area contributed by atoms with Crippen LogP contribution in [0.4, 0.5) is 0 Å². The zero-order valence-electron chi connectivity index (χ0n) is 12.1. The lowest BCUT2D eigenvalue weighted by molar-refractivity contribution is 0.195. The highest BCUT2D eigenvalue weighted by atomic mass is 14.9. The predicted octanol–water partition coefficient (Wildman–Crippen LogP) is 4.37. The highest BCUT2D eigenvalue weighted by Gasteiger charge is 2.42. The van der Waals surface area contributed by atoms with Gasteiger partial charge in [-0.1, -0.05) is 40.0 Å². The molecule has 0 bridgehead atoms. The van der Waals surface area contributed by atoms with E-state index in [1.165, 1.54) is 57.9 Å². The molecular weight excluding hydrogens is 206 g/mol. The smallest absolute Gasteiger partial charge is 0.00979 e. The molecule has 0 aromatic rings. The van der Waals surface area contributed by atoms with Crippen molar-refractivity contribution in [3.8, 4) is 0 Å². The van der Waals surface area contributed by atoms with Crippen molar-refractivity contribution in [3.05, 3.63) is 0 Å². The van der Waals surface area contributed by atoms with Crippen molar-refractivity contribution >= 4 is 0 Å². The van der Waals surface area contributed by atoms with E-state index in [4.69, 9.17) is 0 Å². The zero-order chi connectivity index (χ0) is 12.3. The molecule has 0 radical (unpaired) electrons. The van der Waals surface area contributed by atoms with Gasteiger partial charge >= 0.3 is 0 Å². The van der Waals surface area contributed by atoms with E-state index in [1.807, 2.05) is 0 Å². The molecule has 1 N–H and O–H groups in total. The monoisotopic (exact) mass is 237 g/mol. The van der Waals surface area contributed by atoms with E-state index >= 15 is 0 Å². The van der Waals surface area contributed by atoms with Crippen LogP contribution < -0.4 is 5.32 Å². The zero-order valence-corrected chi connectivity index (χ0v) is 12.1. The lowest BCUT2D eigenvalue weighted by Gasteiger charge is -2.36. The molecule has 2 fully saturated rings. The van der Waals surface area contributed by atoms with Gasteiger partial charge in [0.2, 0.25) is 0 Å². The first-order valence-corrected chi connectivity index (χ1v) is 7.90. The Morgan fingerprint density at radius 2 is 1.88 bits per heavy atom. The maximum Gasteiger partial charge on any atom is 0.00979 e. The van der Waals surface area contributed by atoms with Crippen LogP contribution in [0.1, 0.15) is 72.1 Å². The molecule has 2 unspecified atom stereocenters. The summed E-state index contributed by atoms with van der Waals surface area (Å²) in [6.07, 6.45) is 11.5. The van der Waals surface area contributed by atoms with E-state index in [-0.39, 0.29) is 0 Å². The van der Waals surface area contributed by atoms with Crippen LogP contribution in [0.15, 0.2) is 0 Å². The number of nitrogens with one attached hydrogen (secondary N) is 1. The largest absolute Gasteiger partial charge is 0.313 e. The normalized spacial score (nSPS) is 31.8. The maximum atomic E-state index is 3.94. The lowest BCUT2D eigenvalue weighted by atomic mass is 9.77. The highest BCUT2D eigenvalue weighted by molar-refractivity contribution is 4.96. The van der Waals surface area contributed by atoms with Crippen molar-refractivity contribution in [2.24, 2.45) is 17.3 Å². The van der Waals surface area contributed by atoms with Gasteiger partial charge in [-0.2, -0.15) is 0 Å². The Hall–Kier alpha value is -0.0400. The number of hydrogen-bond donors (Lipinski definition) is 1. The first-order valence-electron chi connectivity index (χ1n) is 7.90. The first-order chi connectivity index (χ1) is 8.17. The molecule has 2 aliphatic rings. The third-order valence-electron chi connectivity index (χ3n) is 5.15. The second-order valence-corrected chi connectivity index (χ2v) is 6.93. The Morgan fingerprint density at radius 3 is 2.47 bits per heavy atom. The van der Waals surface area contributed by atoms with E-state index in [2.05, 4.69) is 26.1 Å². The van der Waals surface area contributed by atoms with Gasteiger partial charge in [0.05, 0.1) is 0 Å². The van der Waals surface area contributed by atoms with Gasteiger partial charge in [0.15, 0.2) is 0 Å². The topological polar surface area (TPSA) is 12.0 Å². The van der Waals surface area contributed by atoms with Crippen molar-refractivity contribution in [1.29, 1.82) is 0 Å². The summed E-state index contributed by atoms with van der Waals surface area (Å²) < 4.78 is 0. The van der Waals surface area contributed by atoms with E-state index in [1.54, 1.807) is 0 Å². The van der Waals surface area contributed by atoms with Gasteiger partial charge in [0.1, 0.15) is 0 Å². The van der Waals surface area contributed by atoms with Crippen LogP contribution in [0, 0.1) is 17.3 Å². The van der Waals surface area contributed by atoms with Gasteiger partial charge < -0.3 is 5.32 Å². The Labute approximate surface area is 108 Å². The molecule has 0 aromatic carbocycles. The van der Waals surface area contributed by atoms with Crippen LogP contribution in [-0.2, 0) is 0 Å². The molecule has 100 valence electrons. The van der Waals surface area contributed by atoms with Crippen molar-refractivity contribution in [1.82, 2.24) is 5.32 Å². The third-order valence-corrected chi connectivity index (χ3v) is 5.15. The molecule has 1 heteroatoms. The van der Waals surface area contributed by atoms with Crippen LogP contribution >= 0.6 is 0 Å². The third kappa shape index (κ3) is 3.47. The average molecular weight is 237 g/mol. The molecular formula is C16H31N. The Kier molecular flexibility index (Phi) is 4.52. The molecule has 0 spiro atoms. The van der Waals surface area contributed by atoms with Crippen molar-refractivity contribution in [3.63, 3.8) is 0 Å². The quantitative estimate of drug-likeness (QED) is 0.723. The van der Waals surface area contributed by atoms with Gasteiger partial charge in [-0.3, -0.25) is 0 Å². The molecule has 2 atom stereocenters. The molecule has 2 aliphatic carbocycles. The minimum absolute atomic E-state index is 0.716. The average Bonchev–Trinajstić information content (AvgIpc) is 3.08. The van der Waals surface area contributed by atoms with E-state index in [9.17, 15) is 0 Å². The summed E-state index contributed by atoms with van der Waals surface area (Å²) in [5.74, 6) is 1.79. The molecule has 0 aliphatic heterocycles. The van der Waals surface area contributed by atoms with E-state index in [0.717, 1.165) is 17.9 Å². The molecule has 0 amide bonds. The summed E-state index contributed by atoms with van der Waals surface area (Å²) in [7, 11) is 0. The SMILES string of the molecule is CCCC1(CNC2CCCCC2C(C)C)CC1. The van der Waals surface area contributed by atoms with Crippen molar-refractivity contribution in [2.75, 3.05) is 6.54 Å². The minimum Gasteiger partial charge on any atom is -0.313 e. The molecule has 1 nitrogen and oxygen atoms in total. The fourth-order valence-corrected chi connectivity index (χ4v) is 3.78. The summed E-state index contributed by atoms with van der Waals surface area (Å²) in [6.45, 7) is 8.44. The Morgan fingerprint density at radius 1 is 1.18 bits per heavy atom. The van der Waals surface area contributed by atoms with Gasteiger partial charge in [-0.05, 0) is 49.4 Å². The number of hydrogen-bond acceptors (Lipinski definition) is 1. The molecule has 0 saturated heterocycles. The second kappa shape index (κ2) is 5.73. The summed E-state index contributed by atoms with van der Waals surface area (Å²) >= 11 is 0. The predicted molar refractivity (Wildman–Crippen MR) is 75.2 cm³/mol. The summed E-state index contributed by atoms with van der Waals surface area (Å²) in [4.78, 5) is 0. The lowest BCUT2D eigenvalue weighted by Crippen LogP contribution is -2.43. The Bertz CT molecular complexity index is 230. The summed E-state index contributed by atoms with van der Waals surface area (Å²) in [5, 5.41) is 3.94. The molecule has 0 heterocycles. The van der Waals surface area contributed by atoms with Crippen LogP contribution in [0.2, 0.25) is 0 Å². The van der Waals surface area contributed by atoms with Crippen LogP contribution in [-0.4, -0.2) is 12.6 Å². The van der Waals surface area contributed by atoms with Crippen LogP contribution in [0.25, 0.3) is 0 Å². The fraction of sp³-hybridized carbons (Fsp3) is 1.00. The summed E-state index contributed by atoms with van der Waals surface area (Å²) in [6, 6.07) is 0.818. The maximum absolute atomic E-state index is 3.94. The fourth-order valence-electron chi connectivity index (χ4n) is 3.78. The van der Waals surface area contributed by atoms with Gasteiger partial charge in [-0.15, -0.1) is 0 Å². The second-order valence-electron chi connectivity index (χ2n) is 6.93. The van der Waals surface area contributed by atoms with Gasteiger partial charge in [0.25, 0.3) is 0 Å². The summed E-state index contributed by atoms with van der Waals surface area (Å²) in [5.41, 5.74) is 0.716. The minimum atomic E-state index is 0.716. The molecule has 0 aromatic heterocycles. The van der Waals surface area contributed by atoms with Gasteiger partial charge in [-0.25, -0.2) is 0 Å². The first kappa shape index (κ1) is 13.4. The highest BCUT2D eigenvalue weighted by Crippen LogP contribution is 2.49. The standard InChI is InChI=1S/C16H31N/c1-4-9-16(10-11-16)12-17-15-8-6-5-7-14(15)13(2)3/h13-15,17H,4-12H2,1-3H3. The Balaban J connectivity index is 1.80. The van der Waals surface area contributed by atoms with Crippen LogP contribution in [0.5, 0.6) is 0 Å². The van der Waals surface area contributed by atoms with E-state index < -0.39 is 0 Å². The van der Waals surface area contributed by atoms with E-state index in [0.29, 0.717) is 5.41 Å². The number of rotatable bonds is 6. The van der Waals surface area contributed by atoms with Crippen LogP contribution in [0.3, 0.4) is 0 Å². The van der Waals surface area contributed by atoms with Crippen molar-refractivity contribution in [2.45, 2.75) is 78.2 Å². The molecule has 2 rings (SSSR count). The van der Waals surface area contributed by atoms with Crippen molar-refractivity contribution < 1.29 is 0 Å². The molecule has 17 heavy (non-hydrogen) atoms. The van der Waals surface area contributed by atoms with Gasteiger partial charge in [0, 0.05) is 12.6 Å². The molecule has 2 saturated carbocycles.